The van der Waals surface area contributed by atoms with Gasteiger partial charge >= 0.3 is 0 Å². The molecule has 0 saturated heterocycles. The van der Waals surface area contributed by atoms with Gasteiger partial charge in [-0.15, -0.1) is 0 Å². The van der Waals surface area contributed by atoms with Crippen LogP contribution in [0.5, 0.6) is 0 Å². The lowest BCUT2D eigenvalue weighted by Gasteiger charge is -2.03. The van der Waals surface area contributed by atoms with Crippen LogP contribution in [0.25, 0.3) is 33.2 Å². The van der Waals surface area contributed by atoms with Gasteiger partial charge in [-0.1, -0.05) is 35.9 Å². The normalized spacial score (nSPS) is 11.8. The molecule has 0 aliphatic rings. The minimum Gasteiger partial charge on any atom is -0.341 e. The molecule has 1 N–H and O–H groups in total. The van der Waals surface area contributed by atoms with Crippen LogP contribution in [0.1, 0.15) is 12.5 Å². The second-order valence-electron chi connectivity index (χ2n) is 6.95. The Hall–Kier alpha value is -3.22. The highest BCUT2D eigenvalue weighted by molar-refractivity contribution is 7.71. The summed E-state index contributed by atoms with van der Waals surface area (Å²) in [5.74, 6) is 0.636. The number of hydrogen-bond donors (Lipinski definition) is 1. The van der Waals surface area contributed by atoms with Gasteiger partial charge in [0.2, 0.25) is 4.77 Å². The van der Waals surface area contributed by atoms with Crippen LogP contribution in [0.2, 0.25) is 5.02 Å². The summed E-state index contributed by atoms with van der Waals surface area (Å²) in [6, 6.07) is 22.3. The van der Waals surface area contributed by atoms with Crippen molar-refractivity contribution in [2.45, 2.75) is 13.5 Å². The van der Waals surface area contributed by atoms with Gasteiger partial charge in [0.25, 0.3) is 0 Å². The highest BCUT2D eigenvalue weighted by atomic mass is 35.5. The maximum Gasteiger partial charge on any atom is 0.216 e. The molecule has 0 fully saturated rings. The number of para-hydroxylation sites is 1. The Morgan fingerprint density at radius 1 is 1.03 bits per heavy atom. The molecule has 7 heteroatoms. The van der Waals surface area contributed by atoms with E-state index in [0.717, 1.165) is 17.7 Å². The third-order valence-electron chi connectivity index (χ3n) is 5.19. The smallest absolute Gasteiger partial charge is 0.216 e. The molecule has 0 aliphatic carbocycles. The number of aromatic amines is 1. The molecule has 0 bridgehead atoms. The van der Waals surface area contributed by atoms with Crippen LogP contribution >= 0.6 is 23.8 Å². The van der Waals surface area contributed by atoms with Crippen molar-refractivity contribution in [3.05, 3.63) is 82.1 Å². The van der Waals surface area contributed by atoms with E-state index in [0.29, 0.717) is 15.6 Å². The van der Waals surface area contributed by atoms with E-state index in [4.69, 9.17) is 23.8 Å². The molecule has 148 valence electrons. The van der Waals surface area contributed by atoms with Gasteiger partial charge in [0.05, 0.1) is 6.21 Å². The van der Waals surface area contributed by atoms with Crippen molar-refractivity contribution in [3.8, 4) is 11.4 Å². The largest absolute Gasteiger partial charge is 0.341 e. The Morgan fingerprint density at radius 3 is 2.60 bits per heavy atom. The third-order valence-corrected chi connectivity index (χ3v) is 5.70. The molecule has 0 aliphatic heterocycles. The molecule has 5 nitrogen and oxygen atoms in total. The van der Waals surface area contributed by atoms with Crippen LogP contribution < -0.4 is 0 Å². The molecule has 2 heterocycles. The number of hydrogen-bond acceptors (Lipinski definition) is 3. The monoisotopic (exact) mass is 431 g/mol. The number of aryl methyl sites for hydroxylation is 1. The summed E-state index contributed by atoms with van der Waals surface area (Å²) in [5, 5.41) is 14.9. The summed E-state index contributed by atoms with van der Waals surface area (Å²) in [6.45, 7) is 3.09. The molecular formula is C23H18ClN5S. The van der Waals surface area contributed by atoms with E-state index in [1.54, 1.807) is 4.68 Å². The molecule has 0 unspecified atom stereocenters. The molecular weight excluding hydrogens is 414 g/mol. The summed E-state index contributed by atoms with van der Waals surface area (Å²) in [4.78, 5) is 0. The van der Waals surface area contributed by atoms with Gasteiger partial charge in [-0.3, -0.25) is 0 Å². The zero-order chi connectivity index (χ0) is 20.7. The highest BCUT2D eigenvalue weighted by Crippen LogP contribution is 2.29. The first-order valence-corrected chi connectivity index (χ1v) is 10.4. The highest BCUT2D eigenvalue weighted by Gasteiger charge is 2.10. The molecule has 3 aromatic carbocycles. The standard InChI is InChI=1S/C23H18ClN5S/c1-2-28-20-6-4-3-5-18(20)19-13-15(7-12-21(19)28)14-25-29-22(26-27-23(29)30)16-8-10-17(24)11-9-16/h3-14H,2H2,1H3,(H,27,30). The number of H-pyrrole nitrogens is 1. The Bertz CT molecular complexity index is 1460. The Balaban J connectivity index is 1.58. The van der Waals surface area contributed by atoms with Crippen molar-refractivity contribution < 1.29 is 0 Å². The first-order valence-electron chi connectivity index (χ1n) is 9.64. The van der Waals surface area contributed by atoms with E-state index in [1.165, 1.54) is 21.8 Å². The zero-order valence-electron chi connectivity index (χ0n) is 16.2. The molecule has 0 spiro atoms. The Kier molecular flexibility index (Phi) is 4.73. The summed E-state index contributed by atoms with van der Waals surface area (Å²) in [5.41, 5.74) is 4.33. The van der Waals surface area contributed by atoms with E-state index in [2.05, 4.69) is 69.3 Å². The SMILES string of the molecule is CCn1c2ccccc2c2cc(C=Nn3c(-c4ccc(Cl)cc4)n[nH]c3=S)ccc21. The minimum atomic E-state index is 0.430. The van der Waals surface area contributed by atoms with Crippen molar-refractivity contribution in [3.63, 3.8) is 0 Å². The predicted molar refractivity (Wildman–Crippen MR) is 126 cm³/mol. The van der Waals surface area contributed by atoms with E-state index in [1.807, 2.05) is 30.5 Å². The summed E-state index contributed by atoms with van der Waals surface area (Å²) in [6.07, 6.45) is 1.81. The lowest BCUT2D eigenvalue weighted by molar-refractivity contribution is 0.827. The Labute approximate surface area is 183 Å². The second-order valence-corrected chi connectivity index (χ2v) is 7.78. The topological polar surface area (TPSA) is 50.9 Å². The van der Waals surface area contributed by atoms with E-state index < -0.39 is 0 Å². The number of halogens is 1. The molecule has 30 heavy (non-hydrogen) atoms. The molecule has 2 aromatic heterocycles. The third kappa shape index (κ3) is 3.14. The fourth-order valence-electron chi connectivity index (χ4n) is 3.80. The van der Waals surface area contributed by atoms with Gasteiger partial charge in [0, 0.05) is 38.9 Å². The number of nitrogens with one attached hydrogen (secondary N) is 1. The van der Waals surface area contributed by atoms with Crippen molar-refractivity contribution >= 4 is 51.8 Å². The number of nitrogens with zero attached hydrogens (tertiary/aromatic N) is 4. The lowest BCUT2D eigenvalue weighted by Crippen LogP contribution is -1.95. The number of rotatable bonds is 4. The van der Waals surface area contributed by atoms with Gasteiger partial charge in [-0.05, 0) is 67.2 Å². The second kappa shape index (κ2) is 7.55. The quantitative estimate of drug-likeness (QED) is 0.269. The predicted octanol–water partition coefficient (Wildman–Crippen LogP) is 6.27. The van der Waals surface area contributed by atoms with Crippen LogP contribution in [-0.4, -0.2) is 25.7 Å². The molecule has 0 radical (unpaired) electrons. The molecule has 5 rings (SSSR count). The number of aromatic nitrogens is 4. The molecule has 0 amide bonds. The molecule has 5 aromatic rings. The number of fused-ring (bicyclic) bond motifs is 3. The van der Waals surface area contributed by atoms with Gasteiger partial charge in [-0.25, -0.2) is 5.10 Å². The number of benzene rings is 3. The van der Waals surface area contributed by atoms with Crippen LogP contribution in [0, 0.1) is 4.77 Å². The van der Waals surface area contributed by atoms with E-state index in [9.17, 15) is 0 Å². The van der Waals surface area contributed by atoms with E-state index >= 15 is 0 Å². The maximum atomic E-state index is 6.00. The summed E-state index contributed by atoms with van der Waals surface area (Å²) >= 11 is 11.4. The van der Waals surface area contributed by atoms with Crippen molar-refractivity contribution in [2.24, 2.45) is 5.10 Å². The van der Waals surface area contributed by atoms with Gasteiger partial charge in [0.1, 0.15) is 0 Å². The van der Waals surface area contributed by atoms with Crippen molar-refractivity contribution in [1.29, 1.82) is 0 Å². The van der Waals surface area contributed by atoms with Crippen LogP contribution in [0.4, 0.5) is 0 Å². The Morgan fingerprint density at radius 2 is 1.80 bits per heavy atom. The first-order chi connectivity index (χ1) is 14.7. The van der Waals surface area contributed by atoms with Crippen LogP contribution in [0.3, 0.4) is 0 Å². The van der Waals surface area contributed by atoms with Crippen molar-refractivity contribution in [2.75, 3.05) is 0 Å². The zero-order valence-corrected chi connectivity index (χ0v) is 17.8. The van der Waals surface area contributed by atoms with Crippen molar-refractivity contribution in [1.82, 2.24) is 19.4 Å². The minimum absolute atomic E-state index is 0.430. The average molecular weight is 432 g/mol. The summed E-state index contributed by atoms with van der Waals surface area (Å²) in [7, 11) is 0. The average Bonchev–Trinajstić information content (AvgIpc) is 3.30. The molecule has 0 saturated carbocycles. The van der Waals surface area contributed by atoms with Gasteiger partial charge in [0.15, 0.2) is 5.82 Å². The first kappa shape index (κ1) is 18.8. The maximum absolute atomic E-state index is 6.00. The van der Waals surface area contributed by atoms with E-state index in [-0.39, 0.29) is 0 Å². The fourth-order valence-corrected chi connectivity index (χ4v) is 4.11. The van der Waals surface area contributed by atoms with Crippen LogP contribution in [-0.2, 0) is 6.54 Å². The van der Waals surface area contributed by atoms with Crippen LogP contribution in [0.15, 0.2) is 71.8 Å². The van der Waals surface area contributed by atoms with Gasteiger partial charge in [-0.2, -0.15) is 14.9 Å². The summed E-state index contributed by atoms with van der Waals surface area (Å²) < 4.78 is 4.38. The van der Waals surface area contributed by atoms with Gasteiger partial charge < -0.3 is 4.57 Å². The molecule has 0 atom stereocenters. The fraction of sp³-hybridized carbons (Fsp3) is 0.0870. The lowest BCUT2D eigenvalue weighted by atomic mass is 10.1.